The van der Waals surface area contributed by atoms with Crippen LogP contribution in [0.3, 0.4) is 0 Å². The molecule has 4 N–H and O–H groups in total. The second-order valence-electron chi connectivity index (χ2n) is 2.75. The summed E-state index contributed by atoms with van der Waals surface area (Å²) >= 11 is 0. The van der Waals surface area contributed by atoms with E-state index < -0.39 is 11.9 Å². The van der Waals surface area contributed by atoms with Gasteiger partial charge < -0.3 is 15.6 Å². The third kappa shape index (κ3) is 4.18. The summed E-state index contributed by atoms with van der Waals surface area (Å²) in [5, 5.41) is 8.22. The van der Waals surface area contributed by atoms with Crippen LogP contribution in [0.2, 0.25) is 0 Å². The lowest BCUT2D eigenvalue weighted by Gasteiger charge is -2.00. The van der Waals surface area contributed by atoms with Gasteiger partial charge in [0, 0.05) is 6.92 Å². The van der Waals surface area contributed by atoms with Gasteiger partial charge in [-0.05, 0) is 0 Å². The molecule has 15 heavy (non-hydrogen) atoms. The molecule has 0 radical (unpaired) electrons. The molecular formula is C7H11N5O3. The maximum atomic E-state index is 10.9. The van der Waals surface area contributed by atoms with Crippen molar-refractivity contribution in [2.24, 2.45) is 5.73 Å². The molecule has 1 heterocycles. The van der Waals surface area contributed by atoms with Crippen molar-refractivity contribution in [2.75, 3.05) is 6.54 Å². The molecule has 0 saturated heterocycles. The Kier molecular flexibility index (Phi) is 3.75. The number of urea groups is 1. The highest BCUT2D eigenvalue weighted by Gasteiger charge is 2.05. The minimum Gasteiger partial charge on any atom is -0.351 e. The first-order valence-corrected chi connectivity index (χ1v) is 4.17. The Morgan fingerprint density at radius 1 is 1.53 bits per heavy atom. The Labute approximate surface area is 85.2 Å². The molecule has 0 aliphatic rings. The molecule has 1 aromatic heterocycles. The van der Waals surface area contributed by atoms with Crippen molar-refractivity contribution in [1.82, 2.24) is 20.8 Å². The van der Waals surface area contributed by atoms with E-state index in [-0.39, 0.29) is 13.1 Å². The Balaban J connectivity index is 2.22. The van der Waals surface area contributed by atoms with Crippen molar-refractivity contribution < 1.29 is 14.1 Å². The summed E-state index contributed by atoms with van der Waals surface area (Å²) in [5.74, 6) is 0.385. The number of nitrogens with zero attached hydrogens (tertiary/aromatic N) is 2. The number of rotatable bonds is 4. The summed E-state index contributed by atoms with van der Waals surface area (Å²) in [4.78, 5) is 25.1. The second-order valence-corrected chi connectivity index (χ2v) is 2.75. The molecule has 3 amide bonds. The van der Waals surface area contributed by atoms with E-state index in [1.165, 1.54) is 0 Å². The highest BCUT2D eigenvalue weighted by atomic mass is 16.5. The van der Waals surface area contributed by atoms with E-state index in [9.17, 15) is 9.59 Å². The predicted molar refractivity (Wildman–Crippen MR) is 48.5 cm³/mol. The Bertz CT molecular complexity index is 361. The molecule has 1 aromatic rings. The van der Waals surface area contributed by atoms with E-state index in [1.807, 2.05) is 5.32 Å². The molecule has 0 saturated carbocycles. The van der Waals surface area contributed by atoms with E-state index in [0.717, 1.165) is 0 Å². The normalized spacial score (nSPS) is 9.93. The van der Waals surface area contributed by atoms with Crippen molar-refractivity contribution in [3.8, 4) is 0 Å². The predicted octanol–water partition coefficient (Wildman–Crippen LogP) is -1.34. The zero-order chi connectivity index (χ0) is 11.3. The van der Waals surface area contributed by atoms with Crippen LogP contribution in [0.25, 0.3) is 0 Å². The van der Waals surface area contributed by atoms with E-state index in [1.54, 1.807) is 6.92 Å². The number of hydrogen-bond acceptors (Lipinski definition) is 6. The topological polar surface area (TPSA) is 123 Å². The number of hydrogen-bond donors (Lipinski definition) is 3. The first kappa shape index (κ1) is 11.1. The van der Waals surface area contributed by atoms with Crippen molar-refractivity contribution >= 4 is 11.9 Å². The minimum absolute atomic E-state index is 0.0451. The molecule has 0 aliphatic heterocycles. The fourth-order valence-electron chi connectivity index (χ4n) is 0.883. The summed E-state index contributed by atoms with van der Waals surface area (Å²) in [6.45, 7) is 1.90. The fourth-order valence-corrected chi connectivity index (χ4v) is 0.883. The van der Waals surface area contributed by atoms with Gasteiger partial charge in [-0.2, -0.15) is 4.98 Å². The molecule has 0 fully saturated rings. The number of nitrogens with two attached hydrogens (primary N) is 1. The lowest BCUT2D eigenvalue weighted by molar-refractivity contribution is -0.119. The van der Waals surface area contributed by atoms with Gasteiger partial charge in [0.2, 0.25) is 11.8 Å². The van der Waals surface area contributed by atoms with Crippen molar-refractivity contribution in [3.05, 3.63) is 11.7 Å². The molecule has 0 unspecified atom stereocenters. The fraction of sp³-hybridized carbons (Fsp3) is 0.429. The third-order valence-corrected chi connectivity index (χ3v) is 1.40. The summed E-state index contributed by atoms with van der Waals surface area (Å²) < 4.78 is 4.71. The highest BCUT2D eigenvalue weighted by molar-refractivity contribution is 5.94. The second kappa shape index (κ2) is 5.05. The van der Waals surface area contributed by atoms with E-state index >= 15 is 0 Å². The molecule has 0 spiro atoms. The van der Waals surface area contributed by atoms with Gasteiger partial charge in [0.25, 0.3) is 0 Å². The van der Waals surface area contributed by atoms with Crippen LogP contribution in [0.5, 0.6) is 0 Å². The van der Waals surface area contributed by atoms with Crippen LogP contribution >= 0.6 is 0 Å². The smallest absolute Gasteiger partial charge is 0.318 e. The van der Waals surface area contributed by atoms with Gasteiger partial charge in [-0.15, -0.1) is 0 Å². The summed E-state index contributed by atoms with van der Waals surface area (Å²) in [6, 6.07) is -0.878. The summed E-state index contributed by atoms with van der Waals surface area (Å²) in [7, 11) is 0. The lowest BCUT2D eigenvalue weighted by atomic mass is 10.5. The van der Waals surface area contributed by atoms with Crippen LogP contribution in [0.1, 0.15) is 11.7 Å². The van der Waals surface area contributed by atoms with Crippen LogP contribution in [-0.4, -0.2) is 28.6 Å². The number of nitrogens with one attached hydrogen (secondary N) is 2. The van der Waals surface area contributed by atoms with Crippen molar-refractivity contribution in [1.29, 1.82) is 0 Å². The van der Waals surface area contributed by atoms with Crippen LogP contribution in [0.15, 0.2) is 4.52 Å². The maximum Gasteiger partial charge on any atom is 0.318 e. The number of amides is 3. The monoisotopic (exact) mass is 213 g/mol. The van der Waals surface area contributed by atoms with Crippen LogP contribution < -0.4 is 16.4 Å². The molecule has 0 bridgehead atoms. The molecule has 0 aliphatic carbocycles. The van der Waals surface area contributed by atoms with E-state index in [0.29, 0.717) is 11.7 Å². The average molecular weight is 213 g/mol. The van der Waals surface area contributed by atoms with Crippen LogP contribution in [0, 0.1) is 6.92 Å². The van der Waals surface area contributed by atoms with Crippen LogP contribution in [-0.2, 0) is 11.3 Å². The first-order valence-electron chi connectivity index (χ1n) is 4.17. The molecule has 1 rings (SSSR count). The minimum atomic E-state index is -0.878. The van der Waals surface area contributed by atoms with Crippen molar-refractivity contribution in [2.45, 2.75) is 13.5 Å². The maximum absolute atomic E-state index is 10.9. The zero-order valence-corrected chi connectivity index (χ0v) is 8.11. The molecule has 8 heteroatoms. The van der Waals surface area contributed by atoms with Gasteiger partial charge in [0.1, 0.15) is 0 Å². The van der Waals surface area contributed by atoms with E-state index in [2.05, 4.69) is 15.5 Å². The number of aromatic nitrogens is 2. The van der Waals surface area contributed by atoms with Gasteiger partial charge in [-0.1, -0.05) is 5.16 Å². The Morgan fingerprint density at radius 2 is 2.27 bits per heavy atom. The quantitative estimate of drug-likeness (QED) is 0.569. The number of primary amides is 1. The van der Waals surface area contributed by atoms with Crippen LogP contribution in [0.4, 0.5) is 4.79 Å². The van der Waals surface area contributed by atoms with Gasteiger partial charge in [-0.25, -0.2) is 4.79 Å². The summed E-state index contributed by atoms with van der Waals surface area (Å²) in [5.41, 5.74) is 4.74. The SMILES string of the molecule is Cc1nc(CNCC(=O)NC(N)=O)no1. The van der Waals surface area contributed by atoms with Crippen molar-refractivity contribution in [3.63, 3.8) is 0 Å². The first-order chi connectivity index (χ1) is 7.08. The molecular weight excluding hydrogens is 202 g/mol. The van der Waals surface area contributed by atoms with Gasteiger partial charge in [0.05, 0.1) is 13.1 Å². The highest BCUT2D eigenvalue weighted by Crippen LogP contribution is 1.93. The molecule has 0 aromatic carbocycles. The lowest BCUT2D eigenvalue weighted by Crippen LogP contribution is -2.40. The van der Waals surface area contributed by atoms with E-state index in [4.69, 9.17) is 10.3 Å². The number of carbonyl (C=O) groups is 2. The Morgan fingerprint density at radius 3 is 2.80 bits per heavy atom. The number of carbonyl (C=O) groups excluding carboxylic acids is 2. The van der Waals surface area contributed by atoms with Gasteiger partial charge in [-0.3, -0.25) is 10.1 Å². The Hall–Kier alpha value is -1.96. The molecule has 0 atom stereocenters. The zero-order valence-electron chi connectivity index (χ0n) is 8.11. The number of imide groups is 1. The molecule has 8 nitrogen and oxygen atoms in total. The largest absolute Gasteiger partial charge is 0.351 e. The summed E-state index contributed by atoms with van der Waals surface area (Å²) in [6.07, 6.45) is 0. The average Bonchev–Trinajstić information content (AvgIpc) is 2.50. The molecule has 82 valence electrons. The van der Waals surface area contributed by atoms with Gasteiger partial charge >= 0.3 is 6.03 Å². The standard InChI is InChI=1S/C7H11N5O3/c1-4-10-5(12-15-4)2-9-3-6(13)11-7(8)14/h9H,2-3H2,1H3,(H3,8,11,13,14). The third-order valence-electron chi connectivity index (χ3n) is 1.40. The number of aryl methyl sites for hydroxylation is 1. The van der Waals surface area contributed by atoms with Gasteiger partial charge in [0.15, 0.2) is 5.82 Å².